The molecule has 4 N–H and O–H groups in total. The lowest BCUT2D eigenvalue weighted by atomic mass is 10.0. The van der Waals surface area contributed by atoms with Gasteiger partial charge in [-0.2, -0.15) is 5.10 Å². The predicted octanol–water partition coefficient (Wildman–Crippen LogP) is 2.36. The van der Waals surface area contributed by atoms with Crippen molar-refractivity contribution < 1.29 is 22.7 Å². The standard InChI is InChI=1S/C19H23N5O5S/c1-10(2)20-19(26)29-12-7-6-11(8-12)14-9-16(23-22-14)21-13-4-3-5-15-17(13)18(25)24-30(15,27)28/h3-5,9-12H,6-8H2,1-2H3,(H,20,26)(H,24,25)(H2,21,22,23)/t11-,12+/m0/s1. The highest BCUT2D eigenvalue weighted by molar-refractivity contribution is 7.90. The number of nitrogens with zero attached hydrogens (tertiary/aromatic N) is 1. The van der Waals surface area contributed by atoms with Crippen LogP contribution in [0.15, 0.2) is 29.2 Å². The summed E-state index contributed by atoms with van der Waals surface area (Å²) in [5, 5.41) is 12.9. The molecule has 0 bridgehead atoms. The van der Waals surface area contributed by atoms with E-state index in [9.17, 15) is 18.0 Å². The summed E-state index contributed by atoms with van der Waals surface area (Å²) in [6.07, 6.45) is 1.74. The summed E-state index contributed by atoms with van der Waals surface area (Å²) in [5.41, 5.74) is 1.33. The second-order valence-electron chi connectivity index (χ2n) is 7.78. The molecule has 0 spiro atoms. The van der Waals surface area contributed by atoms with Crippen LogP contribution in [0.1, 0.15) is 55.1 Å². The maximum atomic E-state index is 12.1. The molecular formula is C19H23N5O5S. The topological polar surface area (TPSA) is 142 Å². The molecule has 0 radical (unpaired) electrons. The van der Waals surface area contributed by atoms with Crippen molar-refractivity contribution in [3.63, 3.8) is 0 Å². The maximum absolute atomic E-state index is 12.1. The Hall–Kier alpha value is -3.08. The number of rotatable bonds is 5. The molecule has 30 heavy (non-hydrogen) atoms. The number of alkyl carbamates (subject to hydrolysis) is 1. The molecule has 0 saturated heterocycles. The van der Waals surface area contributed by atoms with Gasteiger partial charge in [-0.1, -0.05) is 6.07 Å². The first-order chi connectivity index (χ1) is 14.2. The van der Waals surface area contributed by atoms with Gasteiger partial charge in [0.15, 0.2) is 5.82 Å². The molecule has 1 aliphatic carbocycles. The van der Waals surface area contributed by atoms with Gasteiger partial charge < -0.3 is 15.4 Å². The highest BCUT2D eigenvalue weighted by Gasteiger charge is 2.35. The van der Waals surface area contributed by atoms with Crippen molar-refractivity contribution >= 4 is 33.5 Å². The second-order valence-corrected chi connectivity index (χ2v) is 9.43. The van der Waals surface area contributed by atoms with Crippen molar-refractivity contribution in [2.45, 2.75) is 56.1 Å². The number of sulfonamides is 1. The average molecular weight is 433 g/mol. The zero-order chi connectivity index (χ0) is 21.5. The lowest BCUT2D eigenvalue weighted by molar-refractivity contribution is 0.0974. The molecule has 4 rings (SSSR count). The van der Waals surface area contributed by atoms with Gasteiger partial charge >= 0.3 is 6.09 Å². The molecule has 1 aromatic heterocycles. The molecule has 2 aliphatic rings. The van der Waals surface area contributed by atoms with Gasteiger partial charge in [0.2, 0.25) is 0 Å². The highest BCUT2D eigenvalue weighted by atomic mass is 32.2. The minimum absolute atomic E-state index is 0.0208. The van der Waals surface area contributed by atoms with Crippen LogP contribution in [0, 0.1) is 0 Å². The molecule has 1 aromatic carbocycles. The number of hydrogen-bond acceptors (Lipinski definition) is 7. The fourth-order valence-corrected chi connectivity index (χ4v) is 5.01. The van der Waals surface area contributed by atoms with Crippen molar-refractivity contribution in [3.8, 4) is 0 Å². The number of benzene rings is 1. The molecule has 0 unspecified atom stereocenters. The van der Waals surface area contributed by atoms with Gasteiger partial charge in [-0.05, 0) is 45.2 Å². The number of ether oxygens (including phenoxy) is 1. The van der Waals surface area contributed by atoms with Crippen LogP contribution in [0.4, 0.5) is 16.3 Å². The van der Waals surface area contributed by atoms with Gasteiger partial charge in [0.05, 0.1) is 11.3 Å². The van der Waals surface area contributed by atoms with Crippen LogP contribution in [0.3, 0.4) is 0 Å². The lowest BCUT2D eigenvalue weighted by Gasteiger charge is -2.14. The molecule has 2 amide bonds. The zero-order valence-electron chi connectivity index (χ0n) is 16.6. The van der Waals surface area contributed by atoms with Gasteiger partial charge in [-0.3, -0.25) is 9.89 Å². The van der Waals surface area contributed by atoms with Crippen molar-refractivity contribution in [2.75, 3.05) is 5.32 Å². The van der Waals surface area contributed by atoms with Crippen molar-refractivity contribution in [2.24, 2.45) is 0 Å². The zero-order valence-corrected chi connectivity index (χ0v) is 17.4. The normalized spacial score (nSPS) is 21.9. The van der Waals surface area contributed by atoms with E-state index in [4.69, 9.17) is 4.74 Å². The van der Waals surface area contributed by atoms with Crippen LogP contribution in [0.25, 0.3) is 0 Å². The van der Waals surface area contributed by atoms with E-state index in [0.29, 0.717) is 17.9 Å². The molecule has 1 fully saturated rings. The lowest BCUT2D eigenvalue weighted by Crippen LogP contribution is -2.33. The van der Waals surface area contributed by atoms with Crippen LogP contribution in [-0.2, 0) is 14.8 Å². The summed E-state index contributed by atoms with van der Waals surface area (Å²) in [5.74, 6) is -0.0354. The average Bonchev–Trinajstić information content (AvgIpc) is 3.34. The number of nitrogens with one attached hydrogen (secondary N) is 4. The molecule has 160 valence electrons. The Balaban J connectivity index is 1.44. The van der Waals surface area contributed by atoms with E-state index in [-0.39, 0.29) is 28.5 Å². The monoisotopic (exact) mass is 433 g/mol. The first-order valence-corrected chi connectivity index (χ1v) is 11.2. The van der Waals surface area contributed by atoms with Crippen molar-refractivity contribution in [3.05, 3.63) is 35.5 Å². The van der Waals surface area contributed by atoms with Gasteiger partial charge in [-0.25, -0.2) is 17.9 Å². The third-order valence-corrected chi connectivity index (χ3v) is 6.51. The molecule has 11 heteroatoms. The molecule has 2 heterocycles. The van der Waals surface area contributed by atoms with E-state index in [0.717, 1.165) is 18.5 Å². The SMILES string of the molecule is CC(C)NC(=O)O[C@@H]1CC[C@H](c2cc(Nc3cccc4c3C(=O)NS4(=O)=O)n[nH]2)C1. The minimum atomic E-state index is -3.82. The Bertz CT molecular complexity index is 1090. The van der Waals surface area contributed by atoms with Crippen LogP contribution >= 0.6 is 0 Å². The number of hydrogen-bond donors (Lipinski definition) is 4. The smallest absolute Gasteiger partial charge is 0.407 e. The Kier molecular flexibility index (Phi) is 5.14. The summed E-state index contributed by atoms with van der Waals surface area (Å²) < 4.78 is 31.4. The second kappa shape index (κ2) is 7.63. The number of aromatic amines is 1. The fraction of sp³-hybridized carbons (Fsp3) is 0.421. The van der Waals surface area contributed by atoms with Gasteiger partial charge in [-0.15, -0.1) is 0 Å². The number of fused-ring (bicyclic) bond motifs is 1. The third kappa shape index (κ3) is 3.97. The molecular weight excluding hydrogens is 410 g/mol. The van der Waals surface area contributed by atoms with Gasteiger partial charge in [0.1, 0.15) is 11.0 Å². The summed E-state index contributed by atoms with van der Waals surface area (Å²) in [7, 11) is -3.82. The van der Waals surface area contributed by atoms with E-state index < -0.39 is 22.0 Å². The molecule has 2 aromatic rings. The van der Waals surface area contributed by atoms with Crippen LogP contribution in [0.5, 0.6) is 0 Å². The minimum Gasteiger partial charge on any atom is -0.446 e. The first kappa shape index (κ1) is 20.2. The largest absolute Gasteiger partial charge is 0.446 e. The van der Waals surface area contributed by atoms with E-state index in [1.807, 2.05) is 24.6 Å². The fourth-order valence-electron chi connectivity index (χ4n) is 3.82. The highest BCUT2D eigenvalue weighted by Crippen LogP contribution is 2.37. The van der Waals surface area contributed by atoms with Crippen molar-refractivity contribution in [1.29, 1.82) is 0 Å². The van der Waals surface area contributed by atoms with E-state index in [1.165, 1.54) is 6.07 Å². The van der Waals surface area contributed by atoms with Gasteiger partial charge in [0, 0.05) is 23.7 Å². The summed E-state index contributed by atoms with van der Waals surface area (Å²) in [6, 6.07) is 6.42. The Morgan fingerprint density at radius 3 is 2.87 bits per heavy atom. The first-order valence-electron chi connectivity index (χ1n) is 9.72. The summed E-state index contributed by atoms with van der Waals surface area (Å²) >= 11 is 0. The van der Waals surface area contributed by atoms with Crippen LogP contribution < -0.4 is 15.4 Å². The van der Waals surface area contributed by atoms with E-state index >= 15 is 0 Å². The summed E-state index contributed by atoms with van der Waals surface area (Å²) in [4.78, 5) is 23.8. The Labute approximate surface area is 173 Å². The Morgan fingerprint density at radius 1 is 1.30 bits per heavy atom. The molecule has 10 nitrogen and oxygen atoms in total. The van der Waals surface area contributed by atoms with Crippen LogP contribution in [0.2, 0.25) is 0 Å². The number of aromatic nitrogens is 2. The third-order valence-electron chi connectivity index (χ3n) is 5.13. The van der Waals surface area contributed by atoms with E-state index in [1.54, 1.807) is 12.1 Å². The van der Waals surface area contributed by atoms with Crippen molar-refractivity contribution in [1.82, 2.24) is 20.2 Å². The predicted molar refractivity (Wildman–Crippen MR) is 108 cm³/mol. The Morgan fingerprint density at radius 2 is 2.10 bits per heavy atom. The van der Waals surface area contributed by atoms with Crippen LogP contribution in [-0.4, -0.2) is 42.8 Å². The molecule has 2 atom stereocenters. The molecule has 1 aliphatic heterocycles. The number of H-pyrrole nitrogens is 1. The number of anilines is 2. The number of carbonyl (C=O) groups is 2. The van der Waals surface area contributed by atoms with Gasteiger partial charge in [0.25, 0.3) is 15.9 Å². The number of amides is 2. The summed E-state index contributed by atoms with van der Waals surface area (Å²) in [6.45, 7) is 3.75. The quantitative estimate of drug-likeness (QED) is 0.567. The molecule has 1 saturated carbocycles. The van der Waals surface area contributed by atoms with E-state index in [2.05, 4.69) is 20.8 Å². The number of carbonyl (C=O) groups excluding carboxylic acids is 2. The maximum Gasteiger partial charge on any atom is 0.407 e.